The molecule has 0 aliphatic heterocycles. The van der Waals surface area contributed by atoms with Crippen LogP contribution in [0.5, 0.6) is 0 Å². The molecule has 0 spiro atoms. The summed E-state index contributed by atoms with van der Waals surface area (Å²) in [6.45, 7) is 7.67. The molecule has 1 aromatic rings. The van der Waals surface area contributed by atoms with Gasteiger partial charge in [0.1, 0.15) is 5.41 Å². The van der Waals surface area contributed by atoms with E-state index in [0.717, 1.165) is 11.3 Å². The van der Waals surface area contributed by atoms with Gasteiger partial charge in [0.25, 0.3) is 0 Å². The van der Waals surface area contributed by atoms with Gasteiger partial charge in [-0.05, 0) is 49.4 Å². The minimum Gasteiger partial charge on any atom is -0.465 e. The molecule has 0 amide bonds. The number of nitrogens with zero attached hydrogens (tertiary/aromatic N) is 1. The average molecular weight is 315 g/mol. The number of fused-ring (bicyclic) bond motifs is 1. The largest absolute Gasteiger partial charge is 0.465 e. The lowest BCUT2D eigenvalue weighted by Crippen LogP contribution is -2.48. The molecule has 0 radical (unpaired) electrons. The minimum atomic E-state index is -1.15. The van der Waals surface area contributed by atoms with Crippen molar-refractivity contribution in [2.24, 2.45) is 11.3 Å². The number of carbonyl (C=O) groups excluding carboxylic acids is 2. The zero-order valence-electron chi connectivity index (χ0n) is 14.4. The van der Waals surface area contributed by atoms with E-state index >= 15 is 0 Å². The number of anilines is 1. The number of aryl methyl sites for hydroxylation is 1. The standard InChI is InChI=1S/C19H25NO3/c1-6-13(3)19(18(22)23-7-2)11-10-14-12-15(20(4)5)8-9-16(14)17(19)21/h6,8-9,12-13H,1,7,10-11H2,2-5H3/t13-,19-/m0/s1. The van der Waals surface area contributed by atoms with Crippen LogP contribution in [0.2, 0.25) is 0 Å². The molecule has 2 atom stereocenters. The lowest BCUT2D eigenvalue weighted by atomic mass is 9.63. The lowest BCUT2D eigenvalue weighted by molar-refractivity contribution is -0.154. The first-order valence-corrected chi connectivity index (χ1v) is 8.03. The van der Waals surface area contributed by atoms with E-state index < -0.39 is 11.4 Å². The predicted octanol–water partition coefficient (Wildman–Crippen LogP) is 3.25. The lowest BCUT2D eigenvalue weighted by Gasteiger charge is -2.38. The van der Waals surface area contributed by atoms with Crippen LogP contribution in [0.3, 0.4) is 0 Å². The Hall–Kier alpha value is -2.10. The molecule has 1 aromatic carbocycles. The molecule has 4 heteroatoms. The number of ether oxygens (including phenoxy) is 1. The number of ketones is 1. The molecular formula is C19H25NO3. The highest BCUT2D eigenvalue weighted by Crippen LogP contribution is 2.43. The highest BCUT2D eigenvalue weighted by molar-refractivity contribution is 6.14. The van der Waals surface area contributed by atoms with Gasteiger partial charge in [0.15, 0.2) is 5.78 Å². The van der Waals surface area contributed by atoms with Crippen LogP contribution in [-0.4, -0.2) is 32.5 Å². The van der Waals surface area contributed by atoms with Crippen molar-refractivity contribution in [3.8, 4) is 0 Å². The van der Waals surface area contributed by atoms with E-state index in [-0.39, 0.29) is 18.3 Å². The number of carbonyl (C=O) groups is 2. The molecule has 1 aliphatic rings. The quantitative estimate of drug-likeness (QED) is 0.475. The van der Waals surface area contributed by atoms with E-state index in [2.05, 4.69) is 6.58 Å². The summed E-state index contributed by atoms with van der Waals surface area (Å²) >= 11 is 0. The third-order valence-electron chi connectivity index (χ3n) is 4.81. The maximum absolute atomic E-state index is 13.2. The number of benzene rings is 1. The summed E-state index contributed by atoms with van der Waals surface area (Å²) in [6.07, 6.45) is 2.81. The molecule has 0 saturated heterocycles. The summed E-state index contributed by atoms with van der Waals surface area (Å²) in [5.74, 6) is -0.842. The minimum absolute atomic E-state index is 0.144. The number of allylic oxidation sites excluding steroid dienone is 1. The maximum Gasteiger partial charge on any atom is 0.320 e. The highest BCUT2D eigenvalue weighted by atomic mass is 16.5. The molecule has 0 unspecified atom stereocenters. The smallest absolute Gasteiger partial charge is 0.320 e. The highest BCUT2D eigenvalue weighted by Gasteiger charge is 2.52. The van der Waals surface area contributed by atoms with Gasteiger partial charge >= 0.3 is 5.97 Å². The fourth-order valence-corrected chi connectivity index (χ4v) is 3.25. The van der Waals surface area contributed by atoms with Gasteiger partial charge in [-0.1, -0.05) is 13.0 Å². The topological polar surface area (TPSA) is 46.6 Å². The second-order valence-electron chi connectivity index (χ2n) is 6.28. The van der Waals surface area contributed by atoms with Crippen LogP contribution in [-0.2, 0) is 16.0 Å². The predicted molar refractivity (Wildman–Crippen MR) is 91.8 cm³/mol. The summed E-state index contributed by atoms with van der Waals surface area (Å²) < 4.78 is 5.24. The van der Waals surface area contributed by atoms with Crippen LogP contribution < -0.4 is 4.90 Å². The van der Waals surface area contributed by atoms with Crippen molar-refractivity contribution in [1.82, 2.24) is 0 Å². The second kappa shape index (κ2) is 6.57. The Balaban J connectivity index is 2.51. The van der Waals surface area contributed by atoms with Crippen molar-refractivity contribution in [1.29, 1.82) is 0 Å². The molecule has 0 bridgehead atoms. The molecule has 124 valence electrons. The number of rotatable bonds is 5. The van der Waals surface area contributed by atoms with Crippen LogP contribution in [0.4, 0.5) is 5.69 Å². The maximum atomic E-state index is 13.2. The first-order valence-electron chi connectivity index (χ1n) is 8.03. The summed E-state index contributed by atoms with van der Waals surface area (Å²) in [4.78, 5) is 27.8. The van der Waals surface area contributed by atoms with Crippen molar-refractivity contribution in [2.75, 3.05) is 25.6 Å². The molecule has 0 fully saturated rings. The monoisotopic (exact) mass is 315 g/mol. The van der Waals surface area contributed by atoms with Gasteiger partial charge in [0.05, 0.1) is 6.61 Å². The Morgan fingerprint density at radius 3 is 2.74 bits per heavy atom. The molecule has 0 saturated carbocycles. The van der Waals surface area contributed by atoms with Gasteiger partial charge in [0.2, 0.25) is 0 Å². The van der Waals surface area contributed by atoms with Crippen molar-refractivity contribution >= 4 is 17.4 Å². The Labute approximate surface area is 138 Å². The van der Waals surface area contributed by atoms with E-state index in [1.165, 1.54) is 0 Å². The van der Waals surface area contributed by atoms with Gasteiger partial charge in [-0.25, -0.2) is 0 Å². The fourth-order valence-electron chi connectivity index (χ4n) is 3.25. The van der Waals surface area contributed by atoms with Crippen LogP contribution in [0.1, 0.15) is 36.2 Å². The van der Waals surface area contributed by atoms with Gasteiger partial charge in [0, 0.05) is 25.3 Å². The van der Waals surface area contributed by atoms with Crippen LogP contribution in [0.15, 0.2) is 30.9 Å². The van der Waals surface area contributed by atoms with Gasteiger partial charge in [-0.3, -0.25) is 9.59 Å². The normalized spacial score (nSPS) is 21.3. The number of Topliss-reactive ketones (excluding diaryl/α,β-unsaturated/α-hetero) is 1. The molecule has 23 heavy (non-hydrogen) atoms. The van der Waals surface area contributed by atoms with Gasteiger partial charge in [-0.15, -0.1) is 6.58 Å². The van der Waals surface area contributed by atoms with Gasteiger partial charge in [-0.2, -0.15) is 0 Å². The van der Waals surface area contributed by atoms with Crippen molar-refractivity contribution < 1.29 is 14.3 Å². The third-order valence-corrected chi connectivity index (χ3v) is 4.81. The molecular weight excluding hydrogens is 290 g/mol. The Bertz CT molecular complexity index is 636. The zero-order valence-corrected chi connectivity index (χ0v) is 14.4. The van der Waals surface area contributed by atoms with E-state index in [0.29, 0.717) is 18.4 Å². The van der Waals surface area contributed by atoms with E-state index in [9.17, 15) is 9.59 Å². The molecule has 2 rings (SSSR count). The summed E-state index contributed by atoms with van der Waals surface area (Å²) in [7, 11) is 3.93. The van der Waals surface area contributed by atoms with Crippen molar-refractivity contribution in [2.45, 2.75) is 26.7 Å². The molecule has 0 N–H and O–H groups in total. The summed E-state index contributed by atoms with van der Waals surface area (Å²) in [5, 5.41) is 0. The Morgan fingerprint density at radius 2 is 2.17 bits per heavy atom. The SMILES string of the molecule is C=C[C@H](C)[C@@]1(C(=O)OCC)CCc2cc(N(C)C)ccc2C1=O. The second-order valence-corrected chi connectivity index (χ2v) is 6.28. The Morgan fingerprint density at radius 1 is 1.48 bits per heavy atom. The van der Waals surface area contributed by atoms with Crippen LogP contribution in [0, 0.1) is 11.3 Å². The summed E-state index contributed by atoms with van der Waals surface area (Å²) in [5.41, 5.74) is 1.53. The Kier molecular flexibility index (Phi) is 4.93. The number of hydrogen-bond acceptors (Lipinski definition) is 4. The van der Waals surface area contributed by atoms with Gasteiger partial charge < -0.3 is 9.64 Å². The van der Waals surface area contributed by atoms with Crippen molar-refractivity contribution in [3.63, 3.8) is 0 Å². The third kappa shape index (κ3) is 2.78. The fraction of sp³-hybridized carbons (Fsp3) is 0.474. The van der Waals surface area contributed by atoms with E-state index in [1.807, 2.05) is 44.1 Å². The zero-order chi connectivity index (χ0) is 17.2. The van der Waals surface area contributed by atoms with E-state index in [4.69, 9.17) is 4.74 Å². The molecule has 0 heterocycles. The van der Waals surface area contributed by atoms with E-state index in [1.54, 1.807) is 13.0 Å². The average Bonchev–Trinajstić information content (AvgIpc) is 2.54. The first-order chi connectivity index (χ1) is 10.9. The number of esters is 1. The van der Waals surface area contributed by atoms with Crippen LogP contribution in [0.25, 0.3) is 0 Å². The van der Waals surface area contributed by atoms with Crippen molar-refractivity contribution in [3.05, 3.63) is 42.0 Å². The molecule has 0 aromatic heterocycles. The van der Waals surface area contributed by atoms with Crippen LogP contribution >= 0.6 is 0 Å². The first kappa shape index (κ1) is 17.3. The molecule has 4 nitrogen and oxygen atoms in total. The number of hydrogen-bond donors (Lipinski definition) is 0. The molecule has 1 aliphatic carbocycles. The summed E-state index contributed by atoms with van der Waals surface area (Å²) in [6, 6.07) is 5.77.